The van der Waals surface area contributed by atoms with Crippen molar-refractivity contribution >= 4 is 23.7 Å². The highest BCUT2D eigenvalue weighted by molar-refractivity contribution is 5.58. The Morgan fingerprint density at radius 2 is 1.67 bits per heavy atom. The van der Waals surface area contributed by atoms with Crippen molar-refractivity contribution in [2.45, 2.75) is 13.8 Å². The lowest BCUT2D eigenvalue weighted by molar-refractivity contribution is -0.107. The van der Waals surface area contributed by atoms with E-state index in [1.54, 1.807) is 37.6 Å². The van der Waals surface area contributed by atoms with Gasteiger partial charge in [-0.1, -0.05) is 55.5 Å². The molecule has 2 aromatic carbocycles. The number of hydrogen-bond donors (Lipinski definition) is 0. The Balaban J connectivity index is 0.000000425. The van der Waals surface area contributed by atoms with E-state index in [0.717, 1.165) is 17.4 Å². The molecule has 24 heavy (non-hydrogen) atoms. The largest absolute Gasteiger partial charge is 0.504 e. The predicted molar refractivity (Wildman–Crippen MR) is 98.0 cm³/mol. The van der Waals surface area contributed by atoms with Gasteiger partial charge in [0.25, 0.3) is 0 Å². The second-order valence-electron chi connectivity index (χ2n) is 4.40. The van der Waals surface area contributed by atoms with E-state index in [2.05, 4.69) is 9.69 Å². The van der Waals surface area contributed by atoms with Crippen LogP contribution in [0.2, 0.25) is 0 Å². The Morgan fingerprint density at radius 3 is 2.25 bits per heavy atom. The number of hydrogen-bond acceptors (Lipinski definition) is 2. The molecule has 0 aromatic heterocycles. The smallest absolute Gasteiger partial charge is 0.187 e. The highest BCUT2D eigenvalue weighted by Crippen LogP contribution is 2.14. The number of rotatable bonds is 4. The summed E-state index contributed by atoms with van der Waals surface area (Å²) >= 11 is 0. The van der Waals surface area contributed by atoms with Crippen molar-refractivity contribution in [3.63, 3.8) is 0 Å². The molecule has 0 unspecified atom stereocenters. The Morgan fingerprint density at radius 1 is 1.04 bits per heavy atom. The van der Waals surface area contributed by atoms with Gasteiger partial charge in [0.15, 0.2) is 11.4 Å². The highest BCUT2D eigenvalue weighted by atomic mass is 16.5. The van der Waals surface area contributed by atoms with Crippen molar-refractivity contribution in [1.29, 1.82) is 0 Å². The van der Waals surface area contributed by atoms with Crippen molar-refractivity contribution in [2.75, 3.05) is 7.11 Å². The average molecular weight is 320 g/mol. The minimum Gasteiger partial charge on any atom is -0.504 e. The first-order chi connectivity index (χ1) is 11.2. The van der Waals surface area contributed by atoms with Crippen LogP contribution >= 0.6 is 0 Å². The summed E-state index contributed by atoms with van der Waals surface area (Å²) in [5, 5.41) is 0. The molecule has 0 N–H and O–H groups in total. The molecular weight excluding hydrogens is 300 g/mol. The maximum absolute atomic E-state index is 10.1. The van der Waals surface area contributed by atoms with Crippen molar-refractivity contribution in [3.05, 3.63) is 88.8 Å². The molecule has 0 amide bonds. The normalized spacial score (nSPS) is 8.79. The van der Waals surface area contributed by atoms with Gasteiger partial charge in [0, 0.05) is 6.42 Å². The molecule has 0 atom stereocenters. The van der Waals surface area contributed by atoms with Crippen LogP contribution in [-0.2, 0) is 16.0 Å². The standard InChI is InChI=1S/C10H9NO.C9H7NO.CH4/c1-11-10-5-3-4-9(8-10)6-7-12-2;1-10-9-4-2-3-8(7-9)5-6-11;/h3-8H,2H3;2-4,6-7H,5H2;1H4/b7-6+;;. The van der Waals surface area contributed by atoms with Gasteiger partial charge in [0.05, 0.1) is 26.5 Å². The lowest BCUT2D eigenvalue weighted by Gasteiger charge is -1.93. The highest BCUT2D eigenvalue weighted by Gasteiger charge is 1.92. The Kier molecular flexibility index (Phi) is 10.5. The lowest BCUT2D eigenvalue weighted by atomic mass is 10.1. The topological polar surface area (TPSA) is 35.0 Å². The zero-order chi connectivity index (χ0) is 16.9. The van der Waals surface area contributed by atoms with E-state index in [-0.39, 0.29) is 7.43 Å². The van der Waals surface area contributed by atoms with Gasteiger partial charge in [-0.3, -0.25) is 0 Å². The number of aldehydes is 1. The first kappa shape index (κ1) is 20.6. The van der Waals surface area contributed by atoms with Gasteiger partial charge >= 0.3 is 0 Å². The maximum atomic E-state index is 10.1. The van der Waals surface area contributed by atoms with E-state index in [9.17, 15) is 4.79 Å². The summed E-state index contributed by atoms with van der Waals surface area (Å²) in [5.74, 6) is 0. The van der Waals surface area contributed by atoms with Crippen LogP contribution in [0.5, 0.6) is 0 Å². The van der Waals surface area contributed by atoms with Crippen molar-refractivity contribution in [1.82, 2.24) is 0 Å². The number of nitrogens with zero attached hydrogens (tertiary/aromatic N) is 2. The zero-order valence-electron chi connectivity index (χ0n) is 12.8. The summed E-state index contributed by atoms with van der Waals surface area (Å²) in [7, 11) is 1.59. The molecule has 4 nitrogen and oxygen atoms in total. The summed E-state index contributed by atoms with van der Waals surface area (Å²) in [6.45, 7) is 13.5. The molecule has 0 saturated carbocycles. The van der Waals surface area contributed by atoms with E-state index < -0.39 is 0 Å². The summed E-state index contributed by atoms with van der Waals surface area (Å²) in [5.41, 5.74) is 3.11. The second-order valence-corrected chi connectivity index (χ2v) is 4.40. The van der Waals surface area contributed by atoms with Crippen LogP contribution in [0.3, 0.4) is 0 Å². The van der Waals surface area contributed by atoms with Crippen LogP contribution in [0, 0.1) is 13.1 Å². The summed E-state index contributed by atoms with van der Waals surface area (Å²) in [6, 6.07) is 14.4. The fourth-order valence-corrected chi connectivity index (χ4v) is 1.69. The Labute approximate surface area is 143 Å². The monoisotopic (exact) mass is 320 g/mol. The van der Waals surface area contributed by atoms with Crippen LogP contribution in [0.4, 0.5) is 11.4 Å². The van der Waals surface area contributed by atoms with E-state index in [0.29, 0.717) is 17.8 Å². The van der Waals surface area contributed by atoms with Gasteiger partial charge in [-0.25, -0.2) is 9.69 Å². The zero-order valence-corrected chi connectivity index (χ0v) is 12.8. The van der Waals surface area contributed by atoms with E-state index in [1.807, 2.05) is 30.3 Å². The Bertz CT molecular complexity index is 753. The molecule has 0 radical (unpaired) electrons. The predicted octanol–water partition coefficient (Wildman–Crippen LogP) is 5.47. The molecule has 2 aromatic rings. The van der Waals surface area contributed by atoms with Crippen LogP contribution in [-0.4, -0.2) is 13.4 Å². The third-order valence-electron chi connectivity index (χ3n) is 2.75. The molecule has 4 heteroatoms. The quantitative estimate of drug-likeness (QED) is 0.425. The average Bonchev–Trinajstić information content (AvgIpc) is 2.61. The van der Waals surface area contributed by atoms with Gasteiger partial charge in [-0.05, 0) is 17.7 Å². The first-order valence-electron chi connectivity index (χ1n) is 6.80. The van der Waals surface area contributed by atoms with Crippen LogP contribution in [0.1, 0.15) is 18.6 Å². The molecule has 0 bridgehead atoms. The number of carbonyl (C=O) groups is 1. The van der Waals surface area contributed by atoms with Crippen LogP contribution < -0.4 is 0 Å². The fraction of sp³-hybridized carbons (Fsp3) is 0.150. The molecule has 2 rings (SSSR count). The molecule has 0 heterocycles. The van der Waals surface area contributed by atoms with Gasteiger partial charge in [0.1, 0.15) is 6.29 Å². The van der Waals surface area contributed by atoms with Crippen molar-refractivity contribution < 1.29 is 9.53 Å². The van der Waals surface area contributed by atoms with Gasteiger partial charge in [-0.15, -0.1) is 0 Å². The molecule has 0 aliphatic rings. The molecule has 0 aliphatic heterocycles. The molecular formula is C20H20N2O2. The van der Waals surface area contributed by atoms with Crippen LogP contribution in [0.25, 0.3) is 15.8 Å². The lowest BCUT2D eigenvalue weighted by Crippen LogP contribution is -1.82. The molecule has 122 valence electrons. The van der Waals surface area contributed by atoms with Crippen LogP contribution in [0.15, 0.2) is 54.8 Å². The fourth-order valence-electron chi connectivity index (χ4n) is 1.69. The summed E-state index contributed by atoms with van der Waals surface area (Å²) in [4.78, 5) is 16.7. The molecule has 0 saturated heterocycles. The third-order valence-corrected chi connectivity index (χ3v) is 2.75. The third kappa shape index (κ3) is 7.59. The summed E-state index contributed by atoms with van der Waals surface area (Å²) < 4.78 is 4.76. The van der Waals surface area contributed by atoms with E-state index in [4.69, 9.17) is 17.9 Å². The van der Waals surface area contributed by atoms with E-state index in [1.165, 1.54) is 0 Å². The number of ether oxygens (including phenoxy) is 1. The first-order valence-corrected chi connectivity index (χ1v) is 6.80. The SMILES string of the molecule is C.[C-]#[N+]c1cccc(/C=C/OC)c1.[C-]#[N+]c1cccc(CC=O)c1. The maximum Gasteiger partial charge on any atom is 0.187 e. The minimum absolute atomic E-state index is 0. The number of methoxy groups -OCH3 is 1. The molecule has 0 aliphatic carbocycles. The molecule has 0 spiro atoms. The molecule has 0 fully saturated rings. The van der Waals surface area contributed by atoms with E-state index >= 15 is 0 Å². The number of benzene rings is 2. The van der Waals surface area contributed by atoms with Gasteiger partial charge < -0.3 is 9.53 Å². The minimum atomic E-state index is 0. The Hall–Kier alpha value is -3.37. The number of carbonyl (C=O) groups excluding carboxylic acids is 1. The van der Waals surface area contributed by atoms with Gasteiger partial charge in [0.2, 0.25) is 0 Å². The van der Waals surface area contributed by atoms with Gasteiger partial charge in [-0.2, -0.15) is 0 Å². The van der Waals surface area contributed by atoms with Crippen molar-refractivity contribution in [2.24, 2.45) is 0 Å². The second kappa shape index (κ2) is 12.2. The van der Waals surface area contributed by atoms with Crippen molar-refractivity contribution in [3.8, 4) is 0 Å². The summed E-state index contributed by atoms with van der Waals surface area (Å²) in [6.07, 6.45) is 4.63.